The normalized spacial score (nSPS) is 12.0. The second-order valence-electron chi connectivity index (χ2n) is 6.08. The highest BCUT2D eigenvalue weighted by atomic mass is 17.2. The van der Waals surface area contributed by atoms with Crippen LogP contribution in [0.1, 0.15) is 53.4 Å². The molecule has 24 heavy (non-hydrogen) atoms. The zero-order chi connectivity index (χ0) is 18.9. The Balaban J connectivity index is 4.15. The van der Waals surface area contributed by atoms with Crippen LogP contribution in [-0.4, -0.2) is 35.3 Å². The van der Waals surface area contributed by atoms with Gasteiger partial charge in [0.05, 0.1) is 0 Å². The van der Waals surface area contributed by atoms with Crippen LogP contribution in [0.5, 0.6) is 0 Å². The van der Waals surface area contributed by atoms with Crippen molar-refractivity contribution in [2.24, 2.45) is 17.6 Å². The number of Topliss-reactive ketones (excluding diaryl/α,β-unsaturated/α-hetero) is 3. The van der Waals surface area contributed by atoms with Gasteiger partial charge in [0.15, 0.2) is 0 Å². The standard InChI is InChI=1S/C16H25NO7/c1-9(2)12(18)6-5-11(17)15(21)23-24-16(22)14(20)8-7-13(19)10(3)4/h9-11H,5-8,17H2,1-4H3/t11-/m0/s1. The molecular formula is C16H25NO7. The number of nitrogens with two attached hydrogens (primary N) is 1. The third kappa shape index (κ3) is 8.52. The van der Waals surface area contributed by atoms with Crippen molar-refractivity contribution in [3.05, 3.63) is 0 Å². The second-order valence-corrected chi connectivity index (χ2v) is 6.08. The summed E-state index contributed by atoms with van der Waals surface area (Å²) in [5.74, 6) is -4.02. The highest BCUT2D eigenvalue weighted by molar-refractivity contribution is 6.33. The fourth-order valence-electron chi connectivity index (χ4n) is 1.52. The predicted molar refractivity (Wildman–Crippen MR) is 83.3 cm³/mol. The molecule has 0 aromatic carbocycles. The molecule has 0 heterocycles. The minimum absolute atomic E-state index is 0.0459. The molecule has 0 aromatic rings. The highest BCUT2D eigenvalue weighted by Crippen LogP contribution is 2.06. The zero-order valence-corrected chi connectivity index (χ0v) is 14.5. The topological polar surface area (TPSA) is 130 Å². The first-order valence-electron chi connectivity index (χ1n) is 7.82. The number of carbonyl (C=O) groups is 5. The minimum atomic E-state index is -1.37. The van der Waals surface area contributed by atoms with Gasteiger partial charge in [0, 0.05) is 31.1 Å². The molecule has 0 saturated carbocycles. The maximum absolute atomic E-state index is 11.5. The van der Waals surface area contributed by atoms with E-state index in [1.165, 1.54) is 0 Å². The first-order valence-corrected chi connectivity index (χ1v) is 7.82. The lowest BCUT2D eigenvalue weighted by Gasteiger charge is -2.10. The van der Waals surface area contributed by atoms with E-state index < -0.39 is 23.8 Å². The summed E-state index contributed by atoms with van der Waals surface area (Å²) in [5.41, 5.74) is 5.51. The molecule has 0 amide bonds. The molecule has 0 rings (SSSR count). The highest BCUT2D eigenvalue weighted by Gasteiger charge is 2.24. The Hall–Kier alpha value is -2.09. The average Bonchev–Trinajstić information content (AvgIpc) is 2.53. The fourth-order valence-corrected chi connectivity index (χ4v) is 1.52. The van der Waals surface area contributed by atoms with Gasteiger partial charge in [-0.3, -0.25) is 14.4 Å². The molecule has 0 unspecified atom stereocenters. The fraction of sp³-hybridized carbons (Fsp3) is 0.688. The molecular weight excluding hydrogens is 318 g/mol. The Morgan fingerprint density at radius 2 is 1.29 bits per heavy atom. The van der Waals surface area contributed by atoms with E-state index in [0.29, 0.717) is 0 Å². The molecule has 8 nitrogen and oxygen atoms in total. The molecule has 0 fully saturated rings. The number of ketones is 3. The van der Waals surface area contributed by atoms with Crippen molar-refractivity contribution >= 4 is 29.3 Å². The van der Waals surface area contributed by atoms with E-state index in [9.17, 15) is 24.0 Å². The summed E-state index contributed by atoms with van der Waals surface area (Å²) in [6.45, 7) is 6.81. The monoisotopic (exact) mass is 343 g/mol. The molecule has 8 heteroatoms. The van der Waals surface area contributed by atoms with Crippen molar-refractivity contribution in [1.29, 1.82) is 0 Å². The SMILES string of the molecule is CC(C)C(=O)CCC(=O)C(=O)OOC(=O)[C@@H](N)CCC(=O)C(C)C. The molecule has 2 N–H and O–H groups in total. The van der Waals surface area contributed by atoms with Crippen molar-refractivity contribution in [3.8, 4) is 0 Å². The Morgan fingerprint density at radius 3 is 1.79 bits per heavy atom. The molecule has 0 aliphatic carbocycles. The van der Waals surface area contributed by atoms with Crippen LogP contribution in [0.25, 0.3) is 0 Å². The molecule has 1 atom stereocenters. The maximum Gasteiger partial charge on any atom is 0.421 e. The van der Waals surface area contributed by atoms with Gasteiger partial charge < -0.3 is 5.73 Å². The van der Waals surface area contributed by atoms with Gasteiger partial charge in [0.25, 0.3) is 0 Å². The van der Waals surface area contributed by atoms with Crippen LogP contribution in [0.3, 0.4) is 0 Å². The lowest BCUT2D eigenvalue weighted by molar-refractivity contribution is -0.257. The quantitative estimate of drug-likeness (QED) is 0.352. The van der Waals surface area contributed by atoms with Gasteiger partial charge in [-0.15, -0.1) is 0 Å². The number of hydrogen-bond donors (Lipinski definition) is 1. The van der Waals surface area contributed by atoms with Crippen LogP contribution >= 0.6 is 0 Å². The predicted octanol–water partition coefficient (Wildman–Crippen LogP) is 0.895. The summed E-state index contributed by atoms with van der Waals surface area (Å²) in [6.07, 6.45) is -0.263. The van der Waals surface area contributed by atoms with Crippen molar-refractivity contribution < 1.29 is 33.7 Å². The summed E-state index contributed by atoms with van der Waals surface area (Å²) in [5, 5.41) is 0. The molecule has 136 valence electrons. The van der Waals surface area contributed by atoms with E-state index in [0.717, 1.165) is 0 Å². The van der Waals surface area contributed by atoms with Crippen LogP contribution < -0.4 is 5.73 Å². The van der Waals surface area contributed by atoms with E-state index in [2.05, 4.69) is 9.78 Å². The van der Waals surface area contributed by atoms with Crippen LogP contribution in [0.2, 0.25) is 0 Å². The van der Waals surface area contributed by atoms with E-state index in [1.54, 1.807) is 27.7 Å². The van der Waals surface area contributed by atoms with Crippen LogP contribution in [0.15, 0.2) is 0 Å². The first kappa shape index (κ1) is 21.9. The van der Waals surface area contributed by atoms with Crippen molar-refractivity contribution in [3.63, 3.8) is 0 Å². The van der Waals surface area contributed by atoms with Gasteiger partial charge in [-0.05, 0) is 6.42 Å². The number of rotatable bonds is 10. The molecule has 0 radical (unpaired) electrons. The molecule has 0 spiro atoms. The van der Waals surface area contributed by atoms with Crippen molar-refractivity contribution in [2.45, 2.75) is 59.4 Å². The molecule has 0 saturated heterocycles. The Kier molecular flexibility index (Phi) is 9.71. The van der Waals surface area contributed by atoms with E-state index in [4.69, 9.17) is 5.73 Å². The molecule has 0 bridgehead atoms. The Labute approximate surface area is 141 Å². The Morgan fingerprint density at radius 1 is 0.792 bits per heavy atom. The summed E-state index contributed by atoms with van der Waals surface area (Å²) < 4.78 is 0. The van der Waals surface area contributed by atoms with Crippen molar-refractivity contribution in [1.82, 2.24) is 0 Å². The number of hydrogen-bond acceptors (Lipinski definition) is 8. The molecule has 0 aliphatic rings. The van der Waals surface area contributed by atoms with Crippen molar-refractivity contribution in [2.75, 3.05) is 0 Å². The summed E-state index contributed by atoms with van der Waals surface area (Å²) in [7, 11) is 0. The second kappa shape index (κ2) is 10.6. The average molecular weight is 343 g/mol. The summed E-state index contributed by atoms with van der Waals surface area (Å²) in [6, 6.07) is -1.14. The Bertz CT molecular complexity index is 497. The smallest absolute Gasteiger partial charge is 0.318 e. The third-order valence-corrected chi connectivity index (χ3v) is 3.32. The number of carbonyl (C=O) groups excluding carboxylic acids is 5. The van der Waals surface area contributed by atoms with Gasteiger partial charge in [-0.25, -0.2) is 19.4 Å². The third-order valence-electron chi connectivity index (χ3n) is 3.32. The van der Waals surface area contributed by atoms with Gasteiger partial charge >= 0.3 is 11.9 Å². The van der Waals surface area contributed by atoms with Crippen LogP contribution in [0.4, 0.5) is 0 Å². The van der Waals surface area contributed by atoms with Crippen LogP contribution in [0, 0.1) is 11.8 Å². The first-order chi connectivity index (χ1) is 11.1. The van der Waals surface area contributed by atoms with E-state index in [-0.39, 0.29) is 49.1 Å². The summed E-state index contributed by atoms with van der Waals surface area (Å²) in [4.78, 5) is 65.4. The van der Waals surface area contributed by atoms with Gasteiger partial charge in [0.1, 0.15) is 17.6 Å². The minimum Gasteiger partial charge on any atom is -0.318 e. The lowest BCUT2D eigenvalue weighted by Crippen LogP contribution is -2.34. The van der Waals surface area contributed by atoms with Gasteiger partial charge in [0.2, 0.25) is 5.78 Å². The van der Waals surface area contributed by atoms with Gasteiger partial charge in [-0.1, -0.05) is 27.7 Å². The lowest BCUT2D eigenvalue weighted by atomic mass is 10.0. The maximum atomic E-state index is 11.5. The van der Waals surface area contributed by atoms with E-state index in [1.807, 2.05) is 0 Å². The van der Waals surface area contributed by atoms with Gasteiger partial charge in [-0.2, -0.15) is 0 Å². The summed E-state index contributed by atoms with van der Waals surface area (Å²) >= 11 is 0. The molecule has 0 aromatic heterocycles. The largest absolute Gasteiger partial charge is 0.421 e. The zero-order valence-electron chi connectivity index (χ0n) is 14.5. The molecule has 0 aliphatic heterocycles. The van der Waals surface area contributed by atoms with E-state index >= 15 is 0 Å². The van der Waals surface area contributed by atoms with Crippen LogP contribution in [-0.2, 0) is 33.7 Å².